The van der Waals surface area contributed by atoms with Gasteiger partial charge in [0.2, 0.25) is 0 Å². The molecule has 2 N–H and O–H groups in total. The molecule has 0 bridgehead atoms. The minimum atomic E-state index is -0.232. The van der Waals surface area contributed by atoms with Crippen molar-refractivity contribution in [1.29, 1.82) is 0 Å². The van der Waals surface area contributed by atoms with Crippen molar-refractivity contribution in [3.05, 3.63) is 47.3 Å². The molecule has 0 saturated carbocycles. The van der Waals surface area contributed by atoms with Crippen molar-refractivity contribution in [2.75, 3.05) is 0 Å². The van der Waals surface area contributed by atoms with Crippen LogP contribution in [-0.2, 0) is 6.42 Å². The molecule has 0 radical (unpaired) electrons. The fourth-order valence-electron chi connectivity index (χ4n) is 1.62. The van der Waals surface area contributed by atoms with Gasteiger partial charge in [0.05, 0.1) is 12.3 Å². The maximum Gasteiger partial charge on any atom is 0.125 e. The minimum absolute atomic E-state index is 0.232. The van der Waals surface area contributed by atoms with Crippen LogP contribution < -0.4 is 5.73 Å². The van der Waals surface area contributed by atoms with Crippen molar-refractivity contribution in [2.45, 2.75) is 26.3 Å². The van der Waals surface area contributed by atoms with Gasteiger partial charge in [-0.1, -0.05) is 6.92 Å². The quantitative estimate of drug-likeness (QED) is 0.838. The number of aryl methyl sites for hydroxylation is 2. The summed E-state index contributed by atoms with van der Waals surface area (Å²) < 4.78 is 10.8. The van der Waals surface area contributed by atoms with Gasteiger partial charge in [0.15, 0.2) is 0 Å². The first-order valence-electron chi connectivity index (χ1n) is 5.10. The lowest BCUT2D eigenvalue weighted by Crippen LogP contribution is -2.10. The number of rotatable bonds is 3. The molecule has 1 unspecified atom stereocenters. The molecular formula is C12H15NO2. The molecule has 3 nitrogen and oxygen atoms in total. The average molecular weight is 205 g/mol. The SMILES string of the molecule is CCc1ccc(C(N)c2ccoc2C)o1. The monoisotopic (exact) mass is 205 g/mol. The van der Waals surface area contributed by atoms with E-state index in [0.717, 1.165) is 29.3 Å². The average Bonchev–Trinajstić information content (AvgIpc) is 2.84. The number of furan rings is 2. The Morgan fingerprint density at radius 1 is 1.33 bits per heavy atom. The van der Waals surface area contributed by atoms with Gasteiger partial charge >= 0.3 is 0 Å². The minimum Gasteiger partial charge on any atom is -0.469 e. The predicted octanol–water partition coefficient (Wildman–Crippen LogP) is 2.79. The van der Waals surface area contributed by atoms with E-state index < -0.39 is 0 Å². The highest BCUT2D eigenvalue weighted by molar-refractivity contribution is 5.28. The van der Waals surface area contributed by atoms with Gasteiger partial charge < -0.3 is 14.6 Å². The van der Waals surface area contributed by atoms with Gasteiger partial charge in [-0.3, -0.25) is 0 Å². The van der Waals surface area contributed by atoms with E-state index in [0.29, 0.717) is 0 Å². The summed E-state index contributed by atoms with van der Waals surface area (Å²) in [7, 11) is 0. The third kappa shape index (κ3) is 1.83. The molecule has 0 aliphatic rings. The van der Waals surface area contributed by atoms with E-state index in [1.54, 1.807) is 6.26 Å². The maximum atomic E-state index is 6.08. The Balaban J connectivity index is 2.28. The topological polar surface area (TPSA) is 52.3 Å². The Kier molecular flexibility index (Phi) is 2.64. The molecule has 15 heavy (non-hydrogen) atoms. The molecule has 0 aromatic carbocycles. The van der Waals surface area contributed by atoms with Gasteiger partial charge in [0.25, 0.3) is 0 Å². The first-order valence-corrected chi connectivity index (χ1v) is 5.10. The first-order chi connectivity index (χ1) is 7.22. The van der Waals surface area contributed by atoms with E-state index in [-0.39, 0.29) is 6.04 Å². The third-order valence-corrected chi connectivity index (χ3v) is 2.57. The van der Waals surface area contributed by atoms with Crippen LogP contribution in [0.25, 0.3) is 0 Å². The van der Waals surface area contributed by atoms with E-state index >= 15 is 0 Å². The normalized spacial score (nSPS) is 13.0. The lowest BCUT2D eigenvalue weighted by atomic mass is 10.1. The predicted molar refractivity (Wildman–Crippen MR) is 57.6 cm³/mol. The summed E-state index contributed by atoms with van der Waals surface area (Å²) >= 11 is 0. The summed E-state index contributed by atoms with van der Waals surface area (Å²) in [4.78, 5) is 0. The molecular weight excluding hydrogens is 190 g/mol. The van der Waals surface area contributed by atoms with Crippen LogP contribution >= 0.6 is 0 Å². The summed E-state index contributed by atoms with van der Waals surface area (Å²) in [5, 5.41) is 0. The van der Waals surface area contributed by atoms with Crippen LogP contribution in [0.2, 0.25) is 0 Å². The van der Waals surface area contributed by atoms with E-state index in [4.69, 9.17) is 14.6 Å². The molecule has 0 spiro atoms. The highest BCUT2D eigenvalue weighted by Crippen LogP contribution is 2.24. The third-order valence-electron chi connectivity index (χ3n) is 2.57. The van der Waals surface area contributed by atoms with Crippen LogP contribution in [0.1, 0.15) is 35.8 Å². The van der Waals surface area contributed by atoms with Gasteiger partial charge in [0, 0.05) is 12.0 Å². The smallest absolute Gasteiger partial charge is 0.125 e. The second-order valence-corrected chi connectivity index (χ2v) is 3.57. The van der Waals surface area contributed by atoms with Crippen LogP contribution in [0.4, 0.5) is 0 Å². The fraction of sp³-hybridized carbons (Fsp3) is 0.333. The molecule has 1 atom stereocenters. The Labute approximate surface area is 88.9 Å². The van der Waals surface area contributed by atoms with Crippen molar-refractivity contribution >= 4 is 0 Å². The first kappa shape index (κ1) is 10.1. The number of nitrogens with two attached hydrogens (primary N) is 1. The van der Waals surface area contributed by atoms with Crippen molar-refractivity contribution in [3.8, 4) is 0 Å². The summed E-state index contributed by atoms with van der Waals surface area (Å²) in [6.45, 7) is 3.95. The van der Waals surface area contributed by atoms with E-state index in [9.17, 15) is 0 Å². The summed E-state index contributed by atoms with van der Waals surface area (Å²) in [6, 6.07) is 5.54. The van der Waals surface area contributed by atoms with E-state index in [1.807, 2.05) is 25.1 Å². The van der Waals surface area contributed by atoms with Crippen molar-refractivity contribution in [2.24, 2.45) is 5.73 Å². The molecule has 0 fully saturated rings. The molecule has 3 heteroatoms. The van der Waals surface area contributed by atoms with Crippen LogP contribution in [0, 0.1) is 6.92 Å². The van der Waals surface area contributed by atoms with Crippen LogP contribution in [0.15, 0.2) is 33.3 Å². The molecule has 0 aliphatic carbocycles. The van der Waals surface area contributed by atoms with Crippen molar-refractivity contribution in [3.63, 3.8) is 0 Å². The summed E-state index contributed by atoms with van der Waals surface area (Å²) in [5.74, 6) is 2.59. The Morgan fingerprint density at radius 3 is 2.67 bits per heavy atom. The molecule has 2 aromatic rings. The van der Waals surface area contributed by atoms with Crippen LogP contribution in [0.5, 0.6) is 0 Å². The molecule has 0 amide bonds. The Hall–Kier alpha value is -1.48. The van der Waals surface area contributed by atoms with Gasteiger partial charge in [-0.2, -0.15) is 0 Å². The number of hydrogen-bond acceptors (Lipinski definition) is 3. The Bertz CT molecular complexity index is 442. The van der Waals surface area contributed by atoms with Crippen molar-refractivity contribution < 1.29 is 8.83 Å². The fourth-order valence-corrected chi connectivity index (χ4v) is 1.62. The van der Waals surface area contributed by atoms with E-state index in [1.165, 1.54) is 0 Å². The van der Waals surface area contributed by atoms with Gasteiger partial charge in [-0.05, 0) is 25.1 Å². The lowest BCUT2D eigenvalue weighted by Gasteiger charge is -2.06. The largest absolute Gasteiger partial charge is 0.469 e. The van der Waals surface area contributed by atoms with Crippen LogP contribution in [0.3, 0.4) is 0 Å². The molecule has 2 rings (SSSR count). The highest BCUT2D eigenvalue weighted by atomic mass is 16.3. The number of hydrogen-bond donors (Lipinski definition) is 1. The zero-order chi connectivity index (χ0) is 10.8. The van der Waals surface area contributed by atoms with Gasteiger partial charge in [-0.15, -0.1) is 0 Å². The summed E-state index contributed by atoms with van der Waals surface area (Å²) in [5.41, 5.74) is 7.05. The molecule has 2 aromatic heterocycles. The van der Waals surface area contributed by atoms with Crippen LogP contribution in [-0.4, -0.2) is 0 Å². The highest BCUT2D eigenvalue weighted by Gasteiger charge is 2.16. The second-order valence-electron chi connectivity index (χ2n) is 3.57. The molecule has 80 valence electrons. The standard InChI is InChI=1S/C12H15NO2/c1-3-9-4-5-11(15-9)12(13)10-6-7-14-8(10)2/h4-7,12H,3,13H2,1-2H3. The molecule has 2 heterocycles. The lowest BCUT2D eigenvalue weighted by molar-refractivity contribution is 0.449. The van der Waals surface area contributed by atoms with Crippen molar-refractivity contribution in [1.82, 2.24) is 0 Å². The Morgan fingerprint density at radius 2 is 2.13 bits per heavy atom. The maximum absolute atomic E-state index is 6.08. The summed E-state index contributed by atoms with van der Waals surface area (Å²) in [6.07, 6.45) is 2.53. The second kappa shape index (κ2) is 3.95. The van der Waals surface area contributed by atoms with Gasteiger partial charge in [-0.25, -0.2) is 0 Å². The van der Waals surface area contributed by atoms with Gasteiger partial charge in [0.1, 0.15) is 17.3 Å². The zero-order valence-electron chi connectivity index (χ0n) is 8.99. The molecule has 0 aliphatic heterocycles. The molecule has 0 saturated heterocycles. The zero-order valence-corrected chi connectivity index (χ0v) is 8.99. The van der Waals surface area contributed by atoms with E-state index in [2.05, 4.69) is 6.92 Å².